The molecule has 0 aromatic heterocycles. The van der Waals surface area contributed by atoms with Gasteiger partial charge in [-0.2, -0.15) is 4.31 Å². The number of carbonyl (C=O) groups excluding carboxylic acids is 1. The standard InChI is InChI=1S/C20H24N2O3S/c1-16-5-3-7-18(13-16)15-20(23)21-9-11-22(12-10-21)26(24,25)19-8-4-6-17(2)14-19/h3-8,13-14H,9-12,15H2,1-2H3. The largest absolute Gasteiger partial charge is 0.340 e. The molecule has 1 aliphatic heterocycles. The van der Waals surface area contributed by atoms with E-state index in [4.69, 9.17) is 0 Å². The summed E-state index contributed by atoms with van der Waals surface area (Å²) in [6.07, 6.45) is 0.353. The van der Waals surface area contributed by atoms with Crippen molar-refractivity contribution < 1.29 is 13.2 Å². The van der Waals surface area contributed by atoms with Gasteiger partial charge in [0.2, 0.25) is 15.9 Å². The second kappa shape index (κ2) is 7.60. The molecule has 5 nitrogen and oxygen atoms in total. The molecule has 1 saturated heterocycles. The zero-order chi connectivity index (χ0) is 18.7. The van der Waals surface area contributed by atoms with Gasteiger partial charge in [0.25, 0.3) is 0 Å². The van der Waals surface area contributed by atoms with Gasteiger partial charge in [0.05, 0.1) is 11.3 Å². The van der Waals surface area contributed by atoms with Crippen molar-refractivity contribution in [2.24, 2.45) is 0 Å². The first-order valence-corrected chi connectivity index (χ1v) is 10.2. The number of amides is 1. The second-order valence-corrected chi connectivity index (χ2v) is 8.71. The normalized spacial score (nSPS) is 15.8. The van der Waals surface area contributed by atoms with Gasteiger partial charge in [0.15, 0.2) is 0 Å². The second-order valence-electron chi connectivity index (χ2n) is 6.77. The maximum Gasteiger partial charge on any atom is 0.243 e. The van der Waals surface area contributed by atoms with Crippen LogP contribution in [-0.4, -0.2) is 49.7 Å². The topological polar surface area (TPSA) is 57.7 Å². The molecule has 26 heavy (non-hydrogen) atoms. The Morgan fingerprint density at radius 2 is 1.54 bits per heavy atom. The highest BCUT2D eigenvalue weighted by molar-refractivity contribution is 7.89. The number of rotatable bonds is 4. The minimum atomic E-state index is -3.50. The fraction of sp³-hybridized carbons (Fsp3) is 0.350. The Labute approximate surface area is 155 Å². The van der Waals surface area contributed by atoms with E-state index in [1.54, 1.807) is 23.1 Å². The van der Waals surface area contributed by atoms with E-state index in [9.17, 15) is 13.2 Å². The first kappa shape index (κ1) is 18.6. The number of hydrogen-bond donors (Lipinski definition) is 0. The van der Waals surface area contributed by atoms with Crippen LogP contribution in [0.25, 0.3) is 0 Å². The Morgan fingerprint density at radius 3 is 2.15 bits per heavy atom. The number of piperazine rings is 1. The summed E-state index contributed by atoms with van der Waals surface area (Å²) in [5, 5.41) is 0. The van der Waals surface area contributed by atoms with Crippen molar-refractivity contribution >= 4 is 15.9 Å². The summed E-state index contributed by atoms with van der Waals surface area (Å²) in [4.78, 5) is 14.6. The molecule has 2 aromatic carbocycles. The number of sulfonamides is 1. The minimum absolute atomic E-state index is 0.0446. The molecule has 0 N–H and O–H groups in total. The maximum absolute atomic E-state index is 12.8. The van der Waals surface area contributed by atoms with Crippen LogP contribution in [0, 0.1) is 13.8 Å². The Bertz CT molecular complexity index is 901. The molecule has 0 saturated carbocycles. The third-order valence-electron chi connectivity index (χ3n) is 4.66. The van der Waals surface area contributed by atoms with E-state index >= 15 is 0 Å². The van der Waals surface area contributed by atoms with Gasteiger partial charge in [-0.05, 0) is 37.1 Å². The summed E-state index contributed by atoms with van der Waals surface area (Å²) < 4.78 is 27.0. The molecular formula is C20H24N2O3S. The molecule has 0 aliphatic carbocycles. The molecule has 1 aliphatic rings. The van der Waals surface area contributed by atoms with E-state index in [1.807, 2.05) is 44.2 Å². The van der Waals surface area contributed by atoms with Crippen LogP contribution < -0.4 is 0 Å². The molecule has 0 spiro atoms. The molecule has 0 unspecified atom stereocenters. The predicted molar refractivity (Wildman–Crippen MR) is 101 cm³/mol. The quantitative estimate of drug-likeness (QED) is 0.828. The molecular weight excluding hydrogens is 348 g/mol. The van der Waals surface area contributed by atoms with Gasteiger partial charge in [0, 0.05) is 26.2 Å². The van der Waals surface area contributed by atoms with Gasteiger partial charge in [-0.3, -0.25) is 4.79 Å². The molecule has 3 rings (SSSR count). The van der Waals surface area contributed by atoms with Crippen molar-refractivity contribution in [2.45, 2.75) is 25.2 Å². The van der Waals surface area contributed by atoms with Crippen LogP contribution in [0.1, 0.15) is 16.7 Å². The van der Waals surface area contributed by atoms with Gasteiger partial charge < -0.3 is 4.90 Å². The monoisotopic (exact) mass is 372 g/mol. The number of carbonyl (C=O) groups is 1. The minimum Gasteiger partial charge on any atom is -0.340 e. The van der Waals surface area contributed by atoms with Crippen LogP contribution >= 0.6 is 0 Å². The molecule has 0 radical (unpaired) electrons. The molecule has 1 amide bonds. The van der Waals surface area contributed by atoms with Crippen molar-refractivity contribution in [3.05, 3.63) is 65.2 Å². The Morgan fingerprint density at radius 1 is 0.923 bits per heavy atom. The number of benzene rings is 2. The third kappa shape index (κ3) is 4.14. The summed E-state index contributed by atoms with van der Waals surface area (Å²) in [5.41, 5.74) is 3.03. The lowest BCUT2D eigenvalue weighted by atomic mass is 10.1. The molecule has 0 atom stereocenters. The number of hydrogen-bond acceptors (Lipinski definition) is 3. The highest BCUT2D eigenvalue weighted by Crippen LogP contribution is 2.19. The molecule has 6 heteroatoms. The van der Waals surface area contributed by atoms with Crippen molar-refractivity contribution in [1.82, 2.24) is 9.21 Å². The van der Waals surface area contributed by atoms with Crippen LogP contribution in [0.15, 0.2) is 53.4 Å². The van der Waals surface area contributed by atoms with Crippen LogP contribution in [0.2, 0.25) is 0 Å². The van der Waals surface area contributed by atoms with E-state index in [2.05, 4.69) is 0 Å². The average Bonchev–Trinajstić information content (AvgIpc) is 2.62. The highest BCUT2D eigenvalue weighted by Gasteiger charge is 2.30. The van der Waals surface area contributed by atoms with Gasteiger partial charge in [-0.25, -0.2) is 8.42 Å². The summed E-state index contributed by atoms with van der Waals surface area (Å²) in [6.45, 7) is 5.39. The summed E-state index contributed by atoms with van der Waals surface area (Å²) in [5.74, 6) is 0.0446. The highest BCUT2D eigenvalue weighted by atomic mass is 32.2. The van der Waals surface area contributed by atoms with Crippen molar-refractivity contribution in [3.63, 3.8) is 0 Å². The van der Waals surface area contributed by atoms with E-state index in [0.29, 0.717) is 37.5 Å². The van der Waals surface area contributed by atoms with Gasteiger partial charge in [-0.1, -0.05) is 42.0 Å². The maximum atomic E-state index is 12.8. The smallest absolute Gasteiger partial charge is 0.243 e. The molecule has 1 heterocycles. The van der Waals surface area contributed by atoms with E-state index in [0.717, 1.165) is 16.7 Å². The lowest BCUT2D eigenvalue weighted by Gasteiger charge is -2.34. The lowest BCUT2D eigenvalue weighted by molar-refractivity contribution is -0.131. The van der Waals surface area contributed by atoms with Crippen molar-refractivity contribution in [3.8, 4) is 0 Å². The van der Waals surface area contributed by atoms with Crippen LogP contribution in [0.4, 0.5) is 0 Å². The van der Waals surface area contributed by atoms with Crippen LogP contribution in [-0.2, 0) is 21.2 Å². The van der Waals surface area contributed by atoms with Crippen molar-refractivity contribution in [2.75, 3.05) is 26.2 Å². The summed E-state index contributed by atoms with van der Waals surface area (Å²) >= 11 is 0. The molecule has 0 bridgehead atoms. The van der Waals surface area contributed by atoms with Gasteiger partial charge in [-0.15, -0.1) is 0 Å². The molecule has 138 valence electrons. The summed E-state index contributed by atoms with van der Waals surface area (Å²) in [6, 6.07) is 14.8. The molecule has 2 aromatic rings. The van der Waals surface area contributed by atoms with Crippen LogP contribution in [0.3, 0.4) is 0 Å². The lowest BCUT2D eigenvalue weighted by Crippen LogP contribution is -2.50. The number of aryl methyl sites for hydroxylation is 2. The van der Waals surface area contributed by atoms with E-state index in [-0.39, 0.29) is 5.91 Å². The SMILES string of the molecule is Cc1cccc(CC(=O)N2CCN(S(=O)(=O)c3cccc(C)c3)CC2)c1. The fourth-order valence-electron chi connectivity index (χ4n) is 3.21. The predicted octanol–water partition coefficient (Wildman–Crippen LogP) is 2.38. The Kier molecular flexibility index (Phi) is 5.44. The summed E-state index contributed by atoms with van der Waals surface area (Å²) in [7, 11) is -3.50. The van der Waals surface area contributed by atoms with Crippen LogP contribution in [0.5, 0.6) is 0 Å². The van der Waals surface area contributed by atoms with Crippen molar-refractivity contribution in [1.29, 1.82) is 0 Å². The first-order valence-electron chi connectivity index (χ1n) is 8.76. The van der Waals surface area contributed by atoms with Gasteiger partial charge >= 0.3 is 0 Å². The fourth-order valence-corrected chi connectivity index (χ4v) is 4.74. The number of nitrogens with zero attached hydrogens (tertiary/aromatic N) is 2. The zero-order valence-electron chi connectivity index (χ0n) is 15.2. The average molecular weight is 372 g/mol. The first-order chi connectivity index (χ1) is 12.4. The third-order valence-corrected chi connectivity index (χ3v) is 6.55. The van der Waals surface area contributed by atoms with E-state index in [1.165, 1.54) is 4.31 Å². The Hall–Kier alpha value is -2.18. The van der Waals surface area contributed by atoms with E-state index < -0.39 is 10.0 Å². The Balaban J connectivity index is 1.62. The van der Waals surface area contributed by atoms with Gasteiger partial charge in [0.1, 0.15) is 0 Å². The molecule has 1 fully saturated rings. The zero-order valence-corrected chi connectivity index (χ0v) is 16.0.